The van der Waals surface area contributed by atoms with Crippen LogP contribution in [0.1, 0.15) is 37.8 Å². The maximum absolute atomic E-state index is 13.9. The zero-order chi connectivity index (χ0) is 18.7. The molecule has 1 aromatic heterocycles. The molecule has 136 valence electrons. The maximum atomic E-state index is 13.9. The first-order valence-electron chi connectivity index (χ1n) is 8.51. The van der Waals surface area contributed by atoms with Crippen molar-refractivity contribution in [2.24, 2.45) is 5.92 Å². The quantitative estimate of drug-likeness (QED) is 0.655. The summed E-state index contributed by atoms with van der Waals surface area (Å²) in [5.41, 5.74) is 1.60. The van der Waals surface area contributed by atoms with E-state index in [9.17, 15) is 9.18 Å². The Morgan fingerprint density at radius 1 is 1.23 bits per heavy atom. The molecule has 1 amide bonds. The zero-order valence-electron chi connectivity index (χ0n) is 14.6. The van der Waals surface area contributed by atoms with Crippen molar-refractivity contribution >= 4 is 28.6 Å². The smallest absolute Gasteiger partial charge is 0.225 e. The highest BCUT2D eigenvalue weighted by Crippen LogP contribution is 2.25. The van der Waals surface area contributed by atoms with Gasteiger partial charge in [-0.1, -0.05) is 43.6 Å². The number of hydrogen-bond acceptors (Lipinski definition) is 3. The van der Waals surface area contributed by atoms with E-state index in [0.29, 0.717) is 23.8 Å². The standard InChI is InChI=1S/C20H20ClFN2O2/c1-12(2)10-17(20-24-16-8-3-4-9-18(16)26-20)23-19(25)11-13-14(21)6-5-7-15(13)22/h3-9,12,17H,10-11H2,1-2H3,(H,23,25)/t17-/m0/s1. The van der Waals surface area contributed by atoms with Gasteiger partial charge in [-0.05, 0) is 36.6 Å². The molecular weight excluding hydrogens is 355 g/mol. The molecule has 0 spiro atoms. The van der Waals surface area contributed by atoms with E-state index < -0.39 is 5.82 Å². The topological polar surface area (TPSA) is 55.1 Å². The minimum Gasteiger partial charge on any atom is -0.438 e. The van der Waals surface area contributed by atoms with Crippen LogP contribution in [0.15, 0.2) is 46.9 Å². The molecule has 1 heterocycles. The number of benzene rings is 2. The lowest BCUT2D eigenvalue weighted by molar-refractivity contribution is -0.121. The molecule has 4 nitrogen and oxygen atoms in total. The lowest BCUT2D eigenvalue weighted by Crippen LogP contribution is -2.31. The van der Waals surface area contributed by atoms with Crippen molar-refractivity contribution in [3.05, 3.63) is 64.8 Å². The van der Waals surface area contributed by atoms with Gasteiger partial charge in [0.1, 0.15) is 17.4 Å². The van der Waals surface area contributed by atoms with Crippen LogP contribution in [0.4, 0.5) is 4.39 Å². The lowest BCUT2D eigenvalue weighted by Gasteiger charge is -2.18. The van der Waals surface area contributed by atoms with E-state index in [0.717, 1.165) is 5.52 Å². The first kappa shape index (κ1) is 18.4. The number of aromatic nitrogens is 1. The van der Waals surface area contributed by atoms with Gasteiger partial charge >= 0.3 is 0 Å². The van der Waals surface area contributed by atoms with Crippen LogP contribution < -0.4 is 5.32 Å². The molecule has 0 aliphatic heterocycles. The number of para-hydroxylation sites is 2. The average Bonchev–Trinajstić information content (AvgIpc) is 3.01. The molecule has 0 unspecified atom stereocenters. The molecule has 26 heavy (non-hydrogen) atoms. The molecular formula is C20H20ClFN2O2. The minimum absolute atomic E-state index is 0.139. The molecule has 3 rings (SSSR count). The van der Waals surface area contributed by atoms with Gasteiger partial charge in [0.25, 0.3) is 0 Å². The van der Waals surface area contributed by atoms with Gasteiger partial charge in [-0.2, -0.15) is 0 Å². The Kier molecular flexibility index (Phi) is 5.57. The monoisotopic (exact) mass is 374 g/mol. The Balaban J connectivity index is 1.81. The van der Waals surface area contributed by atoms with Gasteiger partial charge in [0.15, 0.2) is 5.58 Å². The Bertz CT molecular complexity index is 870. The molecule has 0 fully saturated rings. The maximum Gasteiger partial charge on any atom is 0.225 e. The summed E-state index contributed by atoms with van der Waals surface area (Å²) in [6, 6.07) is 11.4. The number of halogens is 2. The van der Waals surface area contributed by atoms with Crippen molar-refractivity contribution in [3.8, 4) is 0 Å². The van der Waals surface area contributed by atoms with E-state index in [1.54, 1.807) is 6.07 Å². The van der Waals surface area contributed by atoms with Crippen molar-refractivity contribution in [1.29, 1.82) is 0 Å². The first-order valence-corrected chi connectivity index (χ1v) is 8.89. The number of hydrogen-bond donors (Lipinski definition) is 1. The van der Waals surface area contributed by atoms with E-state index in [4.69, 9.17) is 16.0 Å². The first-order chi connectivity index (χ1) is 12.4. The third-order valence-corrected chi connectivity index (χ3v) is 4.40. The third-order valence-electron chi connectivity index (χ3n) is 4.05. The fourth-order valence-electron chi connectivity index (χ4n) is 2.84. The van der Waals surface area contributed by atoms with Crippen LogP contribution in [0.2, 0.25) is 5.02 Å². The van der Waals surface area contributed by atoms with Crippen molar-refractivity contribution in [2.75, 3.05) is 0 Å². The third kappa shape index (κ3) is 4.22. The number of nitrogens with zero attached hydrogens (tertiary/aromatic N) is 1. The van der Waals surface area contributed by atoms with Crippen LogP contribution in [-0.4, -0.2) is 10.9 Å². The summed E-state index contributed by atoms with van der Waals surface area (Å²) in [5.74, 6) is -0.0555. The minimum atomic E-state index is -0.491. The molecule has 0 radical (unpaired) electrons. The Morgan fingerprint density at radius 2 is 2.00 bits per heavy atom. The molecule has 0 saturated heterocycles. The van der Waals surface area contributed by atoms with Crippen molar-refractivity contribution in [1.82, 2.24) is 10.3 Å². The predicted octanol–water partition coefficient (Wildman–Crippen LogP) is 5.07. The van der Waals surface area contributed by atoms with Crippen LogP contribution in [-0.2, 0) is 11.2 Å². The zero-order valence-corrected chi connectivity index (χ0v) is 15.4. The fourth-order valence-corrected chi connectivity index (χ4v) is 3.07. The molecule has 3 aromatic rings. The molecule has 0 saturated carbocycles. The van der Waals surface area contributed by atoms with E-state index in [2.05, 4.69) is 24.1 Å². The molecule has 0 bridgehead atoms. The molecule has 6 heteroatoms. The summed E-state index contributed by atoms with van der Waals surface area (Å²) in [6.45, 7) is 4.10. The van der Waals surface area contributed by atoms with Gasteiger partial charge in [-0.15, -0.1) is 0 Å². The van der Waals surface area contributed by atoms with Crippen LogP contribution in [0.5, 0.6) is 0 Å². The van der Waals surface area contributed by atoms with E-state index >= 15 is 0 Å². The number of nitrogens with one attached hydrogen (secondary N) is 1. The number of fused-ring (bicyclic) bond motifs is 1. The van der Waals surface area contributed by atoms with Crippen LogP contribution >= 0.6 is 11.6 Å². The number of oxazole rings is 1. The summed E-state index contributed by atoms with van der Waals surface area (Å²) in [7, 11) is 0. The predicted molar refractivity (Wildman–Crippen MR) is 99.5 cm³/mol. The summed E-state index contributed by atoms with van der Waals surface area (Å²) < 4.78 is 19.7. The highest BCUT2D eigenvalue weighted by Gasteiger charge is 2.23. The van der Waals surface area contributed by atoms with Crippen molar-refractivity contribution in [2.45, 2.75) is 32.7 Å². The second-order valence-electron chi connectivity index (χ2n) is 6.65. The fraction of sp³-hybridized carbons (Fsp3) is 0.300. The van der Waals surface area contributed by atoms with E-state index in [-0.39, 0.29) is 29.0 Å². The van der Waals surface area contributed by atoms with Gasteiger partial charge in [-0.25, -0.2) is 9.37 Å². The van der Waals surface area contributed by atoms with Crippen molar-refractivity contribution < 1.29 is 13.6 Å². The number of carbonyl (C=O) groups excluding carboxylic acids is 1. The SMILES string of the molecule is CC(C)C[C@H](NC(=O)Cc1c(F)cccc1Cl)c1nc2ccccc2o1. The normalized spacial score (nSPS) is 12.5. The summed E-state index contributed by atoms with van der Waals surface area (Å²) >= 11 is 6.01. The van der Waals surface area contributed by atoms with Gasteiger partial charge in [0.05, 0.1) is 6.42 Å². The molecule has 0 aliphatic carbocycles. The summed E-state index contributed by atoms with van der Waals surface area (Å²) in [6.07, 6.45) is 0.518. The largest absolute Gasteiger partial charge is 0.438 e. The highest BCUT2D eigenvalue weighted by atomic mass is 35.5. The number of amides is 1. The second-order valence-corrected chi connectivity index (χ2v) is 7.05. The highest BCUT2D eigenvalue weighted by molar-refractivity contribution is 6.31. The number of carbonyl (C=O) groups is 1. The molecule has 0 aliphatic rings. The van der Waals surface area contributed by atoms with Crippen LogP contribution in [0.3, 0.4) is 0 Å². The second kappa shape index (κ2) is 7.87. The summed E-state index contributed by atoms with van der Waals surface area (Å²) in [5, 5.41) is 3.15. The molecule has 1 N–H and O–H groups in total. The Labute approximate surface area is 156 Å². The number of rotatable bonds is 6. The molecule has 1 atom stereocenters. The van der Waals surface area contributed by atoms with Crippen LogP contribution in [0.25, 0.3) is 11.1 Å². The van der Waals surface area contributed by atoms with Gasteiger partial charge < -0.3 is 9.73 Å². The van der Waals surface area contributed by atoms with Crippen molar-refractivity contribution in [3.63, 3.8) is 0 Å². The Morgan fingerprint density at radius 3 is 2.69 bits per heavy atom. The van der Waals surface area contributed by atoms with Crippen LogP contribution in [0, 0.1) is 11.7 Å². The van der Waals surface area contributed by atoms with Gasteiger partial charge in [-0.3, -0.25) is 4.79 Å². The van der Waals surface area contributed by atoms with E-state index in [1.165, 1.54) is 12.1 Å². The van der Waals surface area contributed by atoms with E-state index in [1.807, 2.05) is 24.3 Å². The molecule has 2 aromatic carbocycles. The summed E-state index contributed by atoms with van der Waals surface area (Å²) in [4.78, 5) is 17.0. The van der Waals surface area contributed by atoms with Gasteiger partial charge in [0.2, 0.25) is 11.8 Å². The van der Waals surface area contributed by atoms with Gasteiger partial charge in [0, 0.05) is 10.6 Å². The lowest BCUT2D eigenvalue weighted by atomic mass is 10.0. The average molecular weight is 375 g/mol. The Hall–Kier alpha value is -2.40.